The molecule has 0 atom stereocenters. The maximum Gasteiger partial charge on any atom is 0.0562 e. The van der Waals surface area contributed by atoms with Crippen molar-refractivity contribution >= 4 is 102 Å². The summed E-state index contributed by atoms with van der Waals surface area (Å²) >= 11 is 3.78. The van der Waals surface area contributed by atoms with Gasteiger partial charge in [0.1, 0.15) is 0 Å². The summed E-state index contributed by atoms with van der Waals surface area (Å²) in [6, 6.07) is 75.6. The van der Waals surface area contributed by atoms with Crippen LogP contribution in [0.1, 0.15) is 0 Å². The highest BCUT2D eigenvalue weighted by Gasteiger charge is 2.23. The SMILES string of the molecule is c1ccc(N(c2ccccc2)c2cccc3c2c2ccccc2n3-c2ccc(-c3cccc4c3sc3ccccc34)cc2-c2cccc3c2sc2ccccc23)cc1. The number of hydrogen-bond acceptors (Lipinski definition) is 3. The third kappa shape index (κ3) is 5.09. The fourth-order valence-electron chi connectivity index (χ4n) is 9.08. The quantitative estimate of drug-likeness (QED) is 0.163. The Labute approximate surface area is 343 Å². The van der Waals surface area contributed by atoms with E-state index in [4.69, 9.17) is 0 Å². The number of para-hydroxylation sites is 3. The number of fused-ring (bicyclic) bond motifs is 9. The molecule has 0 aliphatic rings. The minimum absolute atomic E-state index is 1.12. The summed E-state index contributed by atoms with van der Waals surface area (Å²) in [6.45, 7) is 0. The highest BCUT2D eigenvalue weighted by molar-refractivity contribution is 7.26. The van der Waals surface area contributed by atoms with Gasteiger partial charge in [0.05, 0.1) is 22.4 Å². The fourth-order valence-corrected chi connectivity index (χ4v) is 11.5. The zero-order valence-corrected chi connectivity index (χ0v) is 33.0. The molecule has 272 valence electrons. The fraction of sp³-hybridized carbons (Fsp3) is 0. The summed E-state index contributed by atoms with van der Waals surface area (Å²) in [5.41, 5.74) is 11.8. The second-order valence-electron chi connectivity index (χ2n) is 14.8. The van der Waals surface area contributed by atoms with Crippen LogP contribution in [0.4, 0.5) is 17.1 Å². The second kappa shape index (κ2) is 13.3. The van der Waals surface area contributed by atoms with Gasteiger partial charge in [0.15, 0.2) is 0 Å². The highest BCUT2D eigenvalue weighted by atomic mass is 32.1. The van der Waals surface area contributed by atoms with E-state index in [1.54, 1.807) is 0 Å². The van der Waals surface area contributed by atoms with Gasteiger partial charge in [-0.15, -0.1) is 22.7 Å². The Hall–Kier alpha value is -6.98. The molecule has 0 radical (unpaired) electrons. The van der Waals surface area contributed by atoms with E-state index in [-0.39, 0.29) is 0 Å². The molecular weight excluding hydrogens is 741 g/mol. The molecular formula is C54H34N2S2. The number of thiophene rings is 2. The molecule has 9 aromatic carbocycles. The van der Waals surface area contributed by atoms with Crippen LogP contribution in [-0.4, -0.2) is 4.57 Å². The van der Waals surface area contributed by atoms with Crippen LogP contribution in [0.5, 0.6) is 0 Å². The van der Waals surface area contributed by atoms with Crippen molar-refractivity contribution in [2.45, 2.75) is 0 Å². The molecule has 0 saturated carbocycles. The average Bonchev–Trinajstić information content (AvgIpc) is 3.97. The minimum atomic E-state index is 1.12. The molecule has 0 amide bonds. The van der Waals surface area contributed by atoms with E-state index in [2.05, 4.69) is 216 Å². The molecule has 3 heterocycles. The summed E-state index contributed by atoms with van der Waals surface area (Å²) in [5, 5.41) is 7.67. The number of rotatable bonds is 6. The molecule has 0 bridgehead atoms. The normalized spacial score (nSPS) is 11.8. The van der Waals surface area contributed by atoms with Crippen LogP contribution in [0, 0.1) is 0 Å². The van der Waals surface area contributed by atoms with Gasteiger partial charge in [0.2, 0.25) is 0 Å². The maximum absolute atomic E-state index is 2.51. The van der Waals surface area contributed by atoms with E-state index in [1.807, 2.05) is 22.7 Å². The Morgan fingerprint density at radius 2 is 0.879 bits per heavy atom. The van der Waals surface area contributed by atoms with Crippen molar-refractivity contribution in [3.05, 3.63) is 206 Å². The summed E-state index contributed by atoms with van der Waals surface area (Å²) in [4.78, 5) is 2.40. The van der Waals surface area contributed by atoms with Crippen molar-refractivity contribution in [1.82, 2.24) is 4.57 Å². The molecule has 3 aromatic heterocycles. The van der Waals surface area contributed by atoms with Gasteiger partial charge in [-0.3, -0.25) is 0 Å². The Kier molecular flexibility index (Phi) is 7.62. The van der Waals surface area contributed by atoms with Gasteiger partial charge >= 0.3 is 0 Å². The summed E-state index contributed by atoms with van der Waals surface area (Å²) in [5.74, 6) is 0. The van der Waals surface area contributed by atoms with Gasteiger partial charge in [-0.1, -0.05) is 140 Å². The van der Waals surface area contributed by atoms with Gasteiger partial charge in [-0.05, 0) is 77.9 Å². The number of nitrogens with zero attached hydrogens (tertiary/aromatic N) is 2. The second-order valence-corrected chi connectivity index (χ2v) is 16.9. The molecule has 12 aromatic rings. The van der Waals surface area contributed by atoms with Gasteiger partial charge in [-0.25, -0.2) is 0 Å². The lowest BCUT2D eigenvalue weighted by molar-refractivity contribution is 1.18. The van der Waals surface area contributed by atoms with Gasteiger partial charge < -0.3 is 9.47 Å². The Bertz CT molecular complexity index is 3480. The first-order valence-electron chi connectivity index (χ1n) is 19.7. The van der Waals surface area contributed by atoms with Crippen LogP contribution in [0.15, 0.2) is 206 Å². The topological polar surface area (TPSA) is 8.17 Å². The Morgan fingerprint density at radius 3 is 1.55 bits per heavy atom. The van der Waals surface area contributed by atoms with Crippen molar-refractivity contribution in [1.29, 1.82) is 0 Å². The standard InChI is InChI=1S/C54H34N2S2/c1-3-16-36(17-4-1)55(37-18-5-2-6-19-37)48-28-15-29-49-52(48)44-22-7-10-27-46(44)56(49)47-33-32-35(38-23-13-24-41-39-20-8-11-30-50(39)57-53(38)41)34-45(47)43-26-14-25-42-40-21-9-12-31-51(40)58-54(42)43/h1-34H. The summed E-state index contributed by atoms with van der Waals surface area (Å²) in [6.07, 6.45) is 0. The molecule has 58 heavy (non-hydrogen) atoms. The molecule has 4 heteroatoms. The van der Waals surface area contributed by atoms with Crippen molar-refractivity contribution in [3.63, 3.8) is 0 Å². The summed E-state index contributed by atoms with van der Waals surface area (Å²) in [7, 11) is 0. The van der Waals surface area contributed by atoms with Crippen molar-refractivity contribution < 1.29 is 0 Å². The largest absolute Gasteiger partial charge is 0.310 e. The van der Waals surface area contributed by atoms with Gasteiger partial charge in [0.25, 0.3) is 0 Å². The van der Waals surface area contributed by atoms with Crippen molar-refractivity contribution in [2.24, 2.45) is 0 Å². The lowest BCUT2D eigenvalue weighted by Gasteiger charge is -2.26. The number of anilines is 3. The highest BCUT2D eigenvalue weighted by Crippen LogP contribution is 2.48. The van der Waals surface area contributed by atoms with E-state index < -0.39 is 0 Å². The zero-order valence-electron chi connectivity index (χ0n) is 31.3. The van der Waals surface area contributed by atoms with Crippen LogP contribution >= 0.6 is 22.7 Å². The van der Waals surface area contributed by atoms with Crippen LogP contribution < -0.4 is 4.90 Å². The van der Waals surface area contributed by atoms with Crippen LogP contribution in [-0.2, 0) is 0 Å². The van der Waals surface area contributed by atoms with Crippen LogP contribution in [0.2, 0.25) is 0 Å². The molecule has 0 spiro atoms. The molecule has 0 aliphatic carbocycles. The summed E-state index contributed by atoms with van der Waals surface area (Å²) < 4.78 is 7.76. The van der Waals surface area contributed by atoms with Crippen LogP contribution in [0.25, 0.3) is 90.1 Å². The monoisotopic (exact) mass is 774 g/mol. The molecule has 0 unspecified atom stereocenters. The lowest BCUT2D eigenvalue weighted by atomic mass is 9.95. The molecule has 0 fully saturated rings. The first kappa shape index (κ1) is 33.2. The maximum atomic E-state index is 2.51. The smallest absolute Gasteiger partial charge is 0.0562 e. The molecule has 2 nitrogen and oxygen atoms in total. The molecule has 12 rings (SSSR count). The number of benzene rings is 9. The van der Waals surface area contributed by atoms with Gasteiger partial charge in [0, 0.05) is 73.6 Å². The predicted octanol–water partition coefficient (Wildman–Crippen LogP) is 16.3. The van der Waals surface area contributed by atoms with E-state index in [0.717, 1.165) is 22.7 Å². The average molecular weight is 775 g/mol. The number of hydrogen-bond donors (Lipinski definition) is 0. The van der Waals surface area contributed by atoms with Crippen molar-refractivity contribution in [3.8, 4) is 27.9 Å². The zero-order chi connectivity index (χ0) is 38.2. The third-order valence-electron chi connectivity index (χ3n) is 11.6. The Balaban J connectivity index is 1.17. The first-order chi connectivity index (χ1) is 28.8. The molecule has 0 N–H and O–H groups in total. The minimum Gasteiger partial charge on any atom is -0.310 e. The van der Waals surface area contributed by atoms with Crippen LogP contribution in [0.3, 0.4) is 0 Å². The van der Waals surface area contributed by atoms with Crippen molar-refractivity contribution in [2.75, 3.05) is 4.90 Å². The molecule has 0 saturated heterocycles. The van der Waals surface area contributed by atoms with Gasteiger partial charge in [-0.2, -0.15) is 0 Å². The van der Waals surface area contributed by atoms with E-state index in [0.29, 0.717) is 0 Å². The van der Waals surface area contributed by atoms with E-state index in [9.17, 15) is 0 Å². The first-order valence-corrected chi connectivity index (χ1v) is 21.3. The molecule has 0 aliphatic heterocycles. The van der Waals surface area contributed by atoms with E-state index in [1.165, 1.54) is 84.4 Å². The third-order valence-corrected chi connectivity index (χ3v) is 14.0. The van der Waals surface area contributed by atoms with E-state index >= 15 is 0 Å². The lowest BCUT2D eigenvalue weighted by Crippen LogP contribution is -2.10. The Morgan fingerprint density at radius 1 is 0.362 bits per heavy atom. The number of aromatic nitrogens is 1. The predicted molar refractivity (Wildman–Crippen MR) is 252 cm³/mol.